The molecule has 28 heavy (non-hydrogen) atoms. The van der Waals surface area contributed by atoms with Crippen LogP contribution in [0.15, 0.2) is 18.2 Å². The molecule has 3 aliphatic rings. The van der Waals surface area contributed by atoms with E-state index < -0.39 is 0 Å². The molecule has 2 atom stereocenters. The number of hydrogen-bond donors (Lipinski definition) is 1. The Hall–Kier alpha value is -1.55. The summed E-state index contributed by atoms with van der Waals surface area (Å²) in [5.41, 5.74) is 3.48. The number of benzene rings is 1. The Labute approximate surface area is 170 Å². The van der Waals surface area contributed by atoms with Gasteiger partial charge in [0, 0.05) is 43.0 Å². The van der Waals surface area contributed by atoms with Crippen LogP contribution in [0.3, 0.4) is 0 Å². The minimum absolute atomic E-state index is 0.208. The smallest absolute Gasteiger partial charge is 0.227 e. The highest BCUT2D eigenvalue weighted by atomic mass is 16.1. The maximum Gasteiger partial charge on any atom is 0.227 e. The molecule has 1 aromatic carbocycles. The van der Waals surface area contributed by atoms with Gasteiger partial charge in [0.05, 0.1) is 0 Å². The topological polar surface area (TPSA) is 35.6 Å². The van der Waals surface area contributed by atoms with Crippen molar-refractivity contribution in [2.75, 3.05) is 36.4 Å². The van der Waals surface area contributed by atoms with Crippen molar-refractivity contribution in [2.45, 2.75) is 71.3 Å². The normalized spacial score (nSPS) is 26.7. The summed E-state index contributed by atoms with van der Waals surface area (Å²) in [6, 6.07) is 7.34. The predicted octanol–water partition coefficient (Wildman–Crippen LogP) is 4.82. The van der Waals surface area contributed by atoms with E-state index in [0.717, 1.165) is 43.6 Å². The number of aryl methyl sites for hydroxylation is 1. The van der Waals surface area contributed by atoms with Crippen molar-refractivity contribution in [3.63, 3.8) is 0 Å². The van der Waals surface area contributed by atoms with E-state index in [1.165, 1.54) is 62.9 Å². The third-order valence-electron chi connectivity index (χ3n) is 7.28. The third-order valence-corrected chi connectivity index (χ3v) is 7.28. The van der Waals surface area contributed by atoms with E-state index >= 15 is 0 Å². The number of carbonyl (C=O) groups excluding carboxylic acids is 1. The van der Waals surface area contributed by atoms with Crippen molar-refractivity contribution in [2.24, 2.45) is 11.8 Å². The molecular weight excluding hydrogens is 346 g/mol. The van der Waals surface area contributed by atoms with Crippen LogP contribution in [0.1, 0.15) is 63.9 Å². The maximum atomic E-state index is 12.6. The average molecular weight is 384 g/mol. The molecule has 2 aliphatic heterocycles. The highest BCUT2D eigenvalue weighted by Crippen LogP contribution is 2.30. The second-order valence-corrected chi connectivity index (χ2v) is 9.41. The first kappa shape index (κ1) is 19.8. The lowest BCUT2D eigenvalue weighted by Gasteiger charge is -2.25. The van der Waals surface area contributed by atoms with E-state index in [-0.39, 0.29) is 11.8 Å². The van der Waals surface area contributed by atoms with Gasteiger partial charge in [-0.3, -0.25) is 4.79 Å². The molecule has 1 aromatic rings. The van der Waals surface area contributed by atoms with Crippen molar-refractivity contribution in [3.8, 4) is 0 Å². The van der Waals surface area contributed by atoms with Crippen LogP contribution >= 0.6 is 0 Å². The molecule has 1 amide bonds. The van der Waals surface area contributed by atoms with Crippen molar-refractivity contribution in [3.05, 3.63) is 23.8 Å². The summed E-state index contributed by atoms with van der Waals surface area (Å²) >= 11 is 0. The summed E-state index contributed by atoms with van der Waals surface area (Å²) in [4.78, 5) is 17.8. The number of likely N-dealkylation sites (tertiary alicyclic amines) is 1. The van der Waals surface area contributed by atoms with Crippen molar-refractivity contribution >= 4 is 17.3 Å². The van der Waals surface area contributed by atoms with Gasteiger partial charge in [-0.25, -0.2) is 0 Å². The standard InChI is InChI=1S/C24H37N3O/c1-18-15-22(10-11-23(18)25-24(28)21-8-4-3-5-9-21)27-14-12-20(17-27)16-26-13-6-7-19(26)2/h10-11,15,19-21H,3-9,12-14,16-17H2,1-2H3,(H,25,28)/t19-,20+/m0/s1. The van der Waals surface area contributed by atoms with Gasteiger partial charge in [0.2, 0.25) is 5.91 Å². The Kier molecular flexibility index (Phi) is 6.25. The van der Waals surface area contributed by atoms with Gasteiger partial charge < -0.3 is 15.1 Å². The molecule has 1 aliphatic carbocycles. The minimum Gasteiger partial charge on any atom is -0.371 e. The van der Waals surface area contributed by atoms with Gasteiger partial charge in [-0.1, -0.05) is 19.3 Å². The fraction of sp³-hybridized carbons (Fsp3) is 0.708. The summed E-state index contributed by atoms with van der Waals surface area (Å²) in [5, 5.41) is 3.20. The fourth-order valence-electron chi connectivity index (χ4n) is 5.40. The molecule has 4 rings (SSSR count). The van der Waals surface area contributed by atoms with Gasteiger partial charge in [0.25, 0.3) is 0 Å². The van der Waals surface area contributed by atoms with Crippen LogP contribution < -0.4 is 10.2 Å². The van der Waals surface area contributed by atoms with Crippen LogP contribution in [0.2, 0.25) is 0 Å². The first-order valence-corrected chi connectivity index (χ1v) is 11.5. The molecule has 1 N–H and O–H groups in total. The Morgan fingerprint density at radius 1 is 1.07 bits per heavy atom. The zero-order valence-electron chi connectivity index (χ0n) is 17.8. The van der Waals surface area contributed by atoms with Crippen molar-refractivity contribution < 1.29 is 4.79 Å². The molecule has 4 heteroatoms. The van der Waals surface area contributed by atoms with Gasteiger partial charge in [0.15, 0.2) is 0 Å². The van der Waals surface area contributed by atoms with Gasteiger partial charge in [0.1, 0.15) is 0 Å². The number of amides is 1. The van der Waals surface area contributed by atoms with E-state index in [0.29, 0.717) is 0 Å². The number of nitrogens with zero attached hydrogens (tertiary/aromatic N) is 2. The molecule has 4 nitrogen and oxygen atoms in total. The summed E-state index contributed by atoms with van der Waals surface area (Å²) in [7, 11) is 0. The number of anilines is 2. The molecule has 0 radical (unpaired) electrons. The second kappa shape index (κ2) is 8.86. The van der Waals surface area contributed by atoms with Crippen LogP contribution in [0.25, 0.3) is 0 Å². The summed E-state index contributed by atoms with van der Waals surface area (Å²) in [5.74, 6) is 1.21. The van der Waals surface area contributed by atoms with E-state index in [9.17, 15) is 4.79 Å². The van der Waals surface area contributed by atoms with E-state index in [2.05, 4.69) is 47.2 Å². The van der Waals surface area contributed by atoms with E-state index in [1.54, 1.807) is 0 Å². The molecule has 1 saturated carbocycles. The van der Waals surface area contributed by atoms with Crippen LogP contribution in [0.4, 0.5) is 11.4 Å². The molecule has 0 unspecified atom stereocenters. The maximum absolute atomic E-state index is 12.6. The molecule has 2 heterocycles. The molecular formula is C24H37N3O. The Bertz CT molecular complexity index is 682. The Balaban J connectivity index is 1.33. The minimum atomic E-state index is 0.208. The van der Waals surface area contributed by atoms with Crippen LogP contribution in [0.5, 0.6) is 0 Å². The number of hydrogen-bond acceptors (Lipinski definition) is 3. The molecule has 0 aromatic heterocycles. The lowest BCUT2D eigenvalue weighted by Crippen LogP contribution is -2.33. The van der Waals surface area contributed by atoms with Gasteiger partial charge in [-0.2, -0.15) is 0 Å². The highest BCUT2D eigenvalue weighted by molar-refractivity contribution is 5.93. The molecule has 3 fully saturated rings. The van der Waals surface area contributed by atoms with Crippen molar-refractivity contribution in [1.82, 2.24) is 4.90 Å². The number of rotatable bonds is 5. The summed E-state index contributed by atoms with van der Waals surface area (Å²) < 4.78 is 0. The second-order valence-electron chi connectivity index (χ2n) is 9.41. The number of nitrogens with one attached hydrogen (secondary N) is 1. The lowest BCUT2D eigenvalue weighted by molar-refractivity contribution is -0.120. The summed E-state index contributed by atoms with van der Waals surface area (Å²) in [6.45, 7) is 9.36. The van der Waals surface area contributed by atoms with E-state index in [4.69, 9.17) is 0 Å². The highest BCUT2D eigenvalue weighted by Gasteiger charge is 2.28. The zero-order valence-corrected chi connectivity index (χ0v) is 17.8. The van der Waals surface area contributed by atoms with Gasteiger partial charge >= 0.3 is 0 Å². The first-order chi connectivity index (χ1) is 13.6. The largest absolute Gasteiger partial charge is 0.371 e. The van der Waals surface area contributed by atoms with E-state index in [1.807, 2.05) is 0 Å². The first-order valence-electron chi connectivity index (χ1n) is 11.5. The molecule has 0 spiro atoms. The molecule has 0 bridgehead atoms. The Morgan fingerprint density at radius 2 is 1.89 bits per heavy atom. The average Bonchev–Trinajstić information content (AvgIpc) is 3.34. The monoisotopic (exact) mass is 383 g/mol. The number of carbonyl (C=O) groups is 1. The predicted molar refractivity (Wildman–Crippen MR) is 117 cm³/mol. The SMILES string of the molecule is Cc1cc(N2CC[C@H](CN3CCC[C@@H]3C)C2)ccc1NC(=O)C1CCCCC1. The van der Waals surface area contributed by atoms with Crippen LogP contribution in [-0.4, -0.2) is 43.0 Å². The van der Waals surface area contributed by atoms with Crippen LogP contribution in [0, 0.1) is 18.8 Å². The van der Waals surface area contributed by atoms with Crippen molar-refractivity contribution in [1.29, 1.82) is 0 Å². The lowest BCUT2D eigenvalue weighted by atomic mass is 9.88. The molecule has 154 valence electrons. The molecule has 2 saturated heterocycles. The van der Waals surface area contributed by atoms with Crippen LogP contribution in [-0.2, 0) is 4.79 Å². The third kappa shape index (κ3) is 4.53. The summed E-state index contributed by atoms with van der Waals surface area (Å²) in [6.07, 6.45) is 9.80. The fourth-order valence-corrected chi connectivity index (χ4v) is 5.40. The Morgan fingerprint density at radius 3 is 2.61 bits per heavy atom. The van der Waals surface area contributed by atoms with Gasteiger partial charge in [-0.05, 0) is 82.2 Å². The zero-order chi connectivity index (χ0) is 19.5. The quantitative estimate of drug-likeness (QED) is 0.791. The van der Waals surface area contributed by atoms with Gasteiger partial charge in [-0.15, -0.1) is 0 Å².